The van der Waals surface area contributed by atoms with Crippen LogP contribution in [0.25, 0.3) is 22.0 Å². The van der Waals surface area contributed by atoms with Crippen molar-refractivity contribution in [2.24, 2.45) is 7.05 Å². The van der Waals surface area contributed by atoms with Crippen LogP contribution >= 0.6 is 11.6 Å². The number of benzene rings is 3. The summed E-state index contributed by atoms with van der Waals surface area (Å²) in [6, 6.07) is 23.4. The van der Waals surface area contributed by atoms with E-state index in [-0.39, 0.29) is 0 Å². The van der Waals surface area contributed by atoms with E-state index in [4.69, 9.17) is 26.1 Å². The highest BCUT2D eigenvalue weighted by molar-refractivity contribution is 6.32. The summed E-state index contributed by atoms with van der Waals surface area (Å²) in [5, 5.41) is 2.84. The normalized spacial score (nSPS) is 19.4. The molecule has 190 valence electrons. The number of halogens is 1. The van der Waals surface area contributed by atoms with Gasteiger partial charge in [-0.05, 0) is 52.4 Å². The Morgan fingerprint density at radius 3 is 2.63 bits per heavy atom. The van der Waals surface area contributed by atoms with Gasteiger partial charge in [0, 0.05) is 37.3 Å². The molecule has 1 atom stereocenters. The number of imidazole rings is 1. The summed E-state index contributed by atoms with van der Waals surface area (Å²) in [4.78, 5) is 11.9. The lowest BCUT2D eigenvalue weighted by Gasteiger charge is -2.46. The zero-order valence-electron chi connectivity index (χ0n) is 21.1. The molecule has 3 aromatic carbocycles. The lowest BCUT2D eigenvalue weighted by molar-refractivity contribution is 0.000378. The van der Waals surface area contributed by atoms with Gasteiger partial charge in [-0.3, -0.25) is 9.88 Å². The van der Waals surface area contributed by atoms with Gasteiger partial charge in [-0.1, -0.05) is 48.0 Å². The molecular weight excluding hydrogens is 496 g/mol. The van der Waals surface area contributed by atoms with Crippen molar-refractivity contribution in [3.05, 3.63) is 113 Å². The van der Waals surface area contributed by atoms with Crippen molar-refractivity contribution in [2.75, 3.05) is 26.3 Å². The lowest BCUT2D eigenvalue weighted by atomic mass is 9.77. The highest BCUT2D eigenvalue weighted by atomic mass is 35.5. The van der Waals surface area contributed by atoms with Crippen molar-refractivity contribution in [3.63, 3.8) is 0 Å². The second-order valence-electron chi connectivity index (χ2n) is 9.93. The van der Waals surface area contributed by atoms with Crippen LogP contribution < -0.4 is 4.74 Å². The molecule has 0 saturated carbocycles. The zero-order chi connectivity index (χ0) is 25.7. The fraction of sp³-hybridized carbons (Fsp3) is 0.226. The van der Waals surface area contributed by atoms with Crippen LogP contribution in [0, 0.1) is 0 Å². The van der Waals surface area contributed by atoms with E-state index in [0.717, 1.165) is 57.5 Å². The van der Waals surface area contributed by atoms with Gasteiger partial charge in [0.05, 0.1) is 42.1 Å². The van der Waals surface area contributed by atoms with E-state index >= 15 is 0 Å². The number of fused-ring (bicyclic) bond motifs is 6. The molecule has 7 heteroatoms. The quantitative estimate of drug-likeness (QED) is 0.293. The first-order valence-corrected chi connectivity index (χ1v) is 13.2. The number of nitrogens with zero attached hydrogens (tertiary/aromatic N) is 4. The highest BCUT2D eigenvalue weighted by Gasteiger charge is 2.45. The largest absolute Gasteiger partial charge is 0.487 e. The van der Waals surface area contributed by atoms with Gasteiger partial charge < -0.3 is 14.0 Å². The minimum Gasteiger partial charge on any atom is -0.487 e. The summed E-state index contributed by atoms with van der Waals surface area (Å²) in [6.45, 7) is 3.25. The van der Waals surface area contributed by atoms with Gasteiger partial charge in [-0.2, -0.15) is 0 Å². The predicted molar refractivity (Wildman–Crippen MR) is 148 cm³/mol. The van der Waals surface area contributed by atoms with E-state index in [1.807, 2.05) is 24.8 Å². The van der Waals surface area contributed by atoms with E-state index in [1.165, 1.54) is 0 Å². The molecule has 0 N–H and O–H groups in total. The number of rotatable bonds is 2. The number of ether oxygens (including phenoxy) is 2. The van der Waals surface area contributed by atoms with Crippen LogP contribution in [-0.2, 0) is 23.9 Å². The summed E-state index contributed by atoms with van der Waals surface area (Å²) in [6.07, 6.45) is 5.73. The standard InChI is InChI=1S/C31H27ClN4O2/c1-35-20-33-18-29(35)31(36-11-13-37-14-12-36)24-6-5-22-9-10-34-30(26(22)16-24)23-4-2-3-21(15-23)19-38-28-17-25(31)7-8-27(28)32/h2-10,15-18,20H,11-14,19H2,1H3. The molecule has 0 radical (unpaired) electrons. The third-order valence-electron chi connectivity index (χ3n) is 7.80. The molecule has 1 saturated heterocycles. The number of hydrogen-bond acceptors (Lipinski definition) is 5. The Hall–Kier alpha value is -3.71. The molecule has 1 unspecified atom stereocenters. The molecule has 0 aliphatic carbocycles. The number of aryl methyl sites for hydroxylation is 1. The Morgan fingerprint density at radius 1 is 0.947 bits per heavy atom. The second kappa shape index (κ2) is 9.24. The summed E-state index contributed by atoms with van der Waals surface area (Å²) in [5.74, 6) is 0.658. The van der Waals surface area contributed by atoms with E-state index in [0.29, 0.717) is 30.6 Å². The summed E-state index contributed by atoms with van der Waals surface area (Å²) in [7, 11) is 2.05. The van der Waals surface area contributed by atoms with Gasteiger partial charge >= 0.3 is 0 Å². The maximum Gasteiger partial charge on any atom is 0.138 e. The second-order valence-corrected chi connectivity index (χ2v) is 10.3. The maximum atomic E-state index is 6.71. The number of aromatic nitrogens is 3. The van der Waals surface area contributed by atoms with Gasteiger partial charge in [0.15, 0.2) is 0 Å². The predicted octanol–water partition coefficient (Wildman–Crippen LogP) is 5.81. The van der Waals surface area contributed by atoms with Crippen molar-refractivity contribution in [2.45, 2.75) is 12.1 Å². The molecule has 2 aliphatic rings. The molecule has 1 fully saturated rings. The van der Waals surface area contributed by atoms with Crippen LogP contribution in [0.15, 0.2) is 85.5 Å². The molecule has 0 amide bonds. The molecule has 4 heterocycles. The van der Waals surface area contributed by atoms with Crippen LogP contribution in [0.5, 0.6) is 5.75 Å². The van der Waals surface area contributed by atoms with Crippen molar-refractivity contribution >= 4 is 22.4 Å². The molecule has 6 bridgehead atoms. The molecule has 2 aromatic heterocycles. The SMILES string of the molecule is Cn1cncc1C1(N2CCOCC2)c2ccc(Cl)c(c2)OCc2cccc(c2)-c2nccc3ccc1cc23. The fourth-order valence-corrected chi connectivity index (χ4v) is 6.20. The average Bonchev–Trinajstić information content (AvgIpc) is 3.39. The van der Waals surface area contributed by atoms with Crippen LogP contribution in [-0.4, -0.2) is 45.7 Å². The third-order valence-corrected chi connectivity index (χ3v) is 8.11. The summed E-state index contributed by atoms with van der Waals surface area (Å²) in [5.41, 5.74) is 5.68. The van der Waals surface area contributed by atoms with Gasteiger partial charge in [0.2, 0.25) is 0 Å². The molecule has 38 heavy (non-hydrogen) atoms. The zero-order valence-corrected chi connectivity index (χ0v) is 21.9. The van der Waals surface area contributed by atoms with Gasteiger partial charge in [-0.25, -0.2) is 4.98 Å². The fourth-order valence-electron chi connectivity index (χ4n) is 6.03. The van der Waals surface area contributed by atoms with Gasteiger partial charge in [0.1, 0.15) is 17.9 Å². The molecule has 6 nitrogen and oxygen atoms in total. The van der Waals surface area contributed by atoms with Crippen LogP contribution in [0.1, 0.15) is 22.4 Å². The minimum absolute atomic E-state index is 0.404. The first-order valence-electron chi connectivity index (χ1n) is 12.9. The smallest absolute Gasteiger partial charge is 0.138 e. The van der Waals surface area contributed by atoms with Gasteiger partial charge in [0.25, 0.3) is 0 Å². The number of pyridine rings is 1. The van der Waals surface area contributed by atoms with Crippen LogP contribution in [0.4, 0.5) is 0 Å². The van der Waals surface area contributed by atoms with Gasteiger partial charge in [-0.15, -0.1) is 0 Å². The van der Waals surface area contributed by atoms with E-state index < -0.39 is 5.54 Å². The van der Waals surface area contributed by atoms with Crippen LogP contribution in [0.2, 0.25) is 5.02 Å². The van der Waals surface area contributed by atoms with Crippen molar-refractivity contribution in [1.29, 1.82) is 0 Å². The topological polar surface area (TPSA) is 52.4 Å². The van der Waals surface area contributed by atoms with Crippen molar-refractivity contribution in [1.82, 2.24) is 19.4 Å². The summed E-state index contributed by atoms with van der Waals surface area (Å²) < 4.78 is 14.3. The maximum absolute atomic E-state index is 6.71. The first kappa shape index (κ1) is 23.4. The minimum atomic E-state index is -0.661. The Morgan fingerprint density at radius 2 is 1.79 bits per heavy atom. The molecule has 7 rings (SSSR count). The number of hydrogen-bond donors (Lipinski definition) is 0. The number of morpholine rings is 1. The first-order chi connectivity index (χ1) is 18.6. The molecular formula is C31H27ClN4O2. The van der Waals surface area contributed by atoms with Crippen molar-refractivity contribution < 1.29 is 9.47 Å². The van der Waals surface area contributed by atoms with E-state index in [2.05, 4.69) is 82.2 Å². The van der Waals surface area contributed by atoms with E-state index in [9.17, 15) is 0 Å². The monoisotopic (exact) mass is 522 g/mol. The molecule has 2 aliphatic heterocycles. The average molecular weight is 523 g/mol. The van der Waals surface area contributed by atoms with E-state index in [1.54, 1.807) is 0 Å². The molecule has 0 spiro atoms. The molecule has 5 aromatic rings. The van der Waals surface area contributed by atoms with Crippen LogP contribution in [0.3, 0.4) is 0 Å². The summed E-state index contributed by atoms with van der Waals surface area (Å²) >= 11 is 6.71. The van der Waals surface area contributed by atoms with Crippen molar-refractivity contribution in [3.8, 4) is 17.0 Å². The highest BCUT2D eigenvalue weighted by Crippen LogP contribution is 2.46. The lowest BCUT2D eigenvalue weighted by Crippen LogP contribution is -2.53. The Labute approximate surface area is 226 Å². The Balaban J connectivity index is 1.62. The Kier molecular flexibility index (Phi) is 5.69. The third kappa shape index (κ3) is 3.63. The Bertz CT molecular complexity index is 1660.